The van der Waals surface area contributed by atoms with Gasteiger partial charge in [-0.1, -0.05) is 13.8 Å². The highest BCUT2D eigenvalue weighted by atomic mass is 16.5. The standard InChI is InChI=1S/C20H26NO2/c1-5-16(6-2)17-9-11-21(12-10-17)14-19-13-18(15(3)22)7-8-20(19)23-4/h7-13,16H,5-6,14H2,1-4H3/q+1. The minimum Gasteiger partial charge on any atom is -0.496 e. The molecule has 0 amide bonds. The summed E-state index contributed by atoms with van der Waals surface area (Å²) in [5.74, 6) is 1.51. The van der Waals surface area contributed by atoms with Crippen LogP contribution >= 0.6 is 0 Å². The summed E-state index contributed by atoms with van der Waals surface area (Å²) in [5.41, 5.74) is 3.12. The van der Waals surface area contributed by atoms with E-state index in [1.165, 1.54) is 5.56 Å². The molecule has 0 radical (unpaired) electrons. The van der Waals surface area contributed by atoms with Crippen LogP contribution in [0.4, 0.5) is 0 Å². The van der Waals surface area contributed by atoms with Gasteiger partial charge in [-0.2, -0.15) is 0 Å². The van der Waals surface area contributed by atoms with Crippen molar-refractivity contribution < 1.29 is 14.1 Å². The number of methoxy groups -OCH3 is 1. The van der Waals surface area contributed by atoms with Crippen molar-refractivity contribution in [2.75, 3.05) is 7.11 Å². The van der Waals surface area contributed by atoms with Gasteiger partial charge in [0.25, 0.3) is 0 Å². The normalized spacial score (nSPS) is 10.8. The summed E-state index contributed by atoms with van der Waals surface area (Å²) >= 11 is 0. The zero-order valence-electron chi connectivity index (χ0n) is 14.5. The first-order chi connectivity index (χ1) is 11.1. The third kappa shape index (κ3) is 4.19. The summed E-state index contributed by atoms with van der Waals surface area (Å²) in [6, 6.07) is 9.98. The molecule has 0 aliphatic rings. The van der Waals surface area contributed by atoms with E-state index in [1.807, 2.05) is 18.2 Å². The number of carbonyl (C=O) groups is 1. The average Bonchev–Trinajstić information content (AvgIpc) is 2.57. The van der Waals surface area contributed by atoms with E-state index >= 15 is 0 Å². The summed E-state index contributed by atoms with van der Waals surface area (Å²) in [4.78, 5) is 11.6. The number of benzene rings is 1. The molecule has 2 aromatic rings. The Hall–Kier alpha value is -2.16. The first-order valence-corrected chi connectivity index (χ1v) is 8.25. The molecular formula is C20H26NO2+. The van der Waals surface area contributed by atoms with Crippen LogP contribution in [0, 0.1) is 0 Å². The smallest absolute Gasteiger partial charge is 0.177 e. The molecule has 3 heteroatoms. The molecule has 0 unspecified atom stereocenters. The van der Waals surface area contributed by atoms with Crippen molar-refractivity contribution >= 4 is 5.78 Å². The number of pyridine rings is 1. The van der Waals surface area contributed by atoms with Crippen LogP contribution in [0.3, 0.4) is 0 Å². The van der Waals surface area contributed by atoms with Crippen molar-refractivity contribution in [1.29, 1.82) is 0 Å². The Morgan fingerprint density at radius 3 is 2.30 bits per heavy atom. The zero-order valence-corrected chi connectivity index (χ0v) is 14.5. The third-order valence-corrected chi connectivity index (χ3v) is 4.41. The van der Waals surface area contributed by atoms with Gasteiger partial charge in [0.05, 0.1) is 12.7 Å². The molecule has 122 valence electrons. The Labute approximate surface area is 138 Å². The van der Waals surface area contributed by atoms with Crippen LogP contribution in [0.15, 0.2) is 42.7 Å². The van der Waals surface area contributed by atoms with E-state index < -0.39 is 0 Å². The number of ketones is 1. The lowest BCUT2D eigenvalue weighted by Crippen LogP contribution is -2.33. The molecular weight excluding hydrogens is 286 g/mol. The summed E-state index contributed by atoms with van der Waals surface area (Å²) in [7, 11) is 1.66. The molecule has 1 heterocycles. The van der Waals surface area contributed by atoms with E-state index in [-0.39, 0.29) is 5.78 Å². The molecule has 0 aliphatic heterocycles. The van der Waals surface area contributed by atoms with Gasteiger partial charge >= 0.3 is 0 Å². The van der Waals surface area contributed by atoms with Crippen molar-refractivity contribution in [2.45, 2.75) is 46.1 Å². The van der Waals surface area contributed by atoms with Gasteiger partial charge in [-0.3, -0.25) is 4.79 Å². The quantitative estimate of drug-likeness (QED) is 0.568. The summed E-state index contributed by atoms with van der Waals surface area (Å²) in [5, 5.41) is 0. The van der Waals surface area contributed by atoms with Crippen LogP contribution in [0.1, 0.15) is 61.0 Å². The summed E-state index contributed by atoms with van der Waals surface area (Å²) < 4.78 is 7.54. The highest BCUT2D eigenvalue weighted by molar-refractivity contribution is 5.94. The summed E-state index contributed by atoms with van der Waals surface area (Å²) in [6.07, 6.45) is 6.53. The molecule has 0 bridgehead atoms. The number of hydrogen-bond donors (Lipinski definition) is 0. The zero-order chi connectivity index (χ0) is 16.8. The second-order valence-corrected chi connectivity index (χ2v) is 5.90. The van der Waals surface area contributed by atoms with Crippen LogP contribution in [0.25, 0.3) is 0 Å². The number of ether oxygens (including phenoxy) is 1. The number of Topliss-reactive ketones (excluding diaryl/α,β-unsaturated/α-hetero) is 1. The maximum atomic E-state index is 11.6. The first kappa shape index (κ1) is 17.2. The SMILES string of the molecule is CCC(CC)c1cc[n+](Cc2cc(C(C)=O)ccc2OC)cc1. The van der Waals surface area contributed by atoms with Gasteiger partial charge in [-0.25, -0.2) is 4.57 Å². The number of rotatable bonds is 7. The fourth-order valence-corrected chi connectivity index (χ4v) is 2.92. The van der Waals surface area contributed by atoms with Crippen molar-refractivity contribution in [2.24, 2.45) is 0 Å². The third-order valence-electron chi connectivity index (χ3n) is 4.41. The molecule has 0 aliphatic carbocycles. The Morgan fingerprint density at radius 1 is 1.13 bits per heavy atom. The van der Waals surface area contributed by atoms with Gasteiger partial charge < -0.3 is 4.74 Å². The highest BCUT2D eigenvalue weighted by Gasteiger charge is 2.13. The van der Waals surface area contributed by atoms with E-state index in [9.17, 15) is 4.79 Å². The minimum absolute atomic E-state index is 0.0722. The number of carbonyl (C=O) groups excluding carboxylic acids is 1. The molecule has 0 N–H and O–H groups in total. The highest BCUT2D eigenvalue weighted by Crippen LogP contribution is 2.22. The number of aromatic nitrogens is 1. The largest absolute Gasteiger partial charge is 0.496 e. The van der Waals surface area contributed by atoms with Crippen molar-refractivity contribution in [1.82, 2.24) is 0 Å². The molecule has 0 atom stereocenters. The molecule has 23 heavy (non-hydrogen) atoms. The van der Waals surface area contributed by atoms with E-state index in [0.29, 0.717) is 12.5 Å². The molecule has 0 spiro atoms. The topological polar surface area (TPSA) is 30.2 Å². The minimum atomic E-state index is 0.0722. The fourth-order valence-electron chi connectivity index (χ4n) is 2.92. The predicted molar refractivity (Wildman–Crippen MR) is 92.1 cm³/mol. The molecule has 2 rings (SSSR count). The van der Waals surface area contributed by atoms with Crippen LogP contribution in [0.5, 0.6) is 5.75 Å². The van der Waals surface area contributed by atoms with E-state index in [2.05, 4.69) is 42.9 Å². The van der Waals surface area contributed by atoms with E-state index in [4.69, 9.17) is 4.74 Å². The second-order valence-electron chi connectivity index (χ2n) is 5.90. The van der Waals surface area contributed by atoms with Crippen LogP contribution in [-0.2, 0) is 6.54 Å². The maximum Gasteiger partial charge on any atom is 0.177 e. The monoisotopic (exact) mass is 312 g/mol. The Bertz CT molecular complexity index is 658. The summed E-state index contributed by atoms with van der Waals surface area (Å²) in [6.45, 7) is 6.73. The lowest BCUT2D eigenvalue weighted by Gasteiger charge is -2.12. The number of nitrogens with zero attached hydrogens (tertiary/aromatic N) is 1. The Morgan fingerprint density at radius 2 is 1.78 bits per heavy atom. The van der Waals surface area contributed by atoms with Gasteiger partial charge in [0.1, 0.15) is 5.75 Å². The first-order valence-electron chi connectivity index (χ1n) is 8.25. The fraction of sp³-hybridized carbons (Fsp3) is 0.400. The average molecular weight is 312 g/mol. The van der Waals surface area contributed by atoms with Gasteiger partial charge in [-0.05, 0) is 49.4 Å². The van der Waals surface area contributed by atoms with E-state index in [1.54, 1.807) is 14.0 Å². The van der Waals surface area contributed by atoms with Gasteiger partial charge in [0.15, 0.2) is 24.7 Å². The molecule has 1 aromatic heterocycles. The van der Waals surface area contributed by atoms with Gasteiger partial charge in [0.2, 0.25) is 0 Å². The van der Waals surface area contributed by atoms with Gasteiger partial charge in [-0.15, -0.1) is 0 Å². The molecule has 0 fully saturated rings. The molecule has 3 nitrogen and oxygen atoms in total. The maximum absolute atomic E-state index is 11.6. The number of hydrogen-bond acceptors (Lipinski definition) is 2. The molecule has 1 aromatic carbocycles. The molecule has 0 saturated heterocycles. The van der Waals surface area contributed by atoms with Crippen LogP contribution in [-0.4, -0.2) is 12.9 Å². The van der Waals surface area contributed by atoms with Crippen LogP contribution in [0.2, 0.25) is 0 Å². The molecule has 0 saturated carbocycles. The second kappa shape index (κ2) is 7.91. The van der Waals surface area contributed by atoms with Gasteiger partial charge in [0, 0.05) is 17.7 Å². The van der Waals surface area contributed by atoms with E-state index in [0.717, 1.165) is 29.7 Å². The lowest BCUT2D eigenvalue weighted by atomic mass is 9.95. The van der Waals surface area contributed by atoms with Crippen molar-refractivity contribution in [3.05, 3.63) is 59.4 Å². The van der Waals surface area contributed by atoms with Crippen molar-refractivity contribution in [3.8, 4) is 5.75 Å². The predicted octanol–water partition coefficient (Wildman–Crippen LogP) is 4.14. The Balaban J connectivity index is 2.24. The van der Waals surface area contributed by atoms with Crippen molar-refractivity contribution in [3.63, 3.8) is 0 Å². The van der Waals surface area contributed by atoms with Crippen LogP contribution < -0.4 is 9.30 Å². The lowest BCUT2D eigenvalue weighted by molar-refractivity contribution is -0.688. The Kier molecular flexibility index (Phi) is 5.91.